The lowest BCUT2D eigenvalue weighted by atomic mass is 9.80. The van der Waals surface area contributed by atoms with Gasteiger partial charge in [0.2, 0.25) is 0 Å². The van der Waals surface area contributed by atoms with E-state index < -0.39 is 0 Å². The van der Waals surface area contributed by atoms with Gasteiger partial charge in [0.05, 0.1) is 0 Å². The summed E-state index contributed by atoms with van der Waals surface area (Å²) in [6.45, 7) is 17.1. The van der Waals surface area contributed by atoms with Gasteiger partial charge in [-0.05, 0) is 112 Å². The van der Waals surface area contributed by atoms with Crippen LogP contribution in [0.3, 0.4) is 0 Å². The molecule has 0 fully saturated rings. The average Bonchev–Trinajstić information content (AvgIpc) is 3.30. The van der Waals surface area contributed by atoms with Crippen LogP contribution in [-0.2, 0) is 27.0 Å². The Hall–Kier alpha value is -5.21. The van der Waals surface area contributed by atoms with Crippen molar-refractivity contribution in [3.8, 4) is 33.4 Å². The van der Waals surface area contributed by atoms with E-state index in [-0.39, 0.29) is 23.4 Å². The Balaban J connectivity index is 1.16. The minimum Gasteiger partial charge on any atom is -0.457 e. The first-order valence-electron chi connectivity index (χ1n) is 16.8. The molecule has 0 saturated carbocycles. The maximum absolute atomic E-state index is 11.8. The van der Waals surface area contributed by atoms with Crippen molar-refractivity contribution >= 4 is 38.3 Å². The SMILES string of the molecule is C=C(C)C(=O)OCc1ccc(-c2ccc3c(c2)C(C)(C)c2cc(-c4ccc5ccc6cc(C(C)(C)C)cc7ccc4c5c67)ccc2-3)cc1. The lowest BCUT2D eigenvalue weighted by Crippen LogP contribution is -2.15. The van der Waals surface area contributed by atoms with E-state index in [1.54, 1.807) is 6.92 Å². The highest BCUT2D eigenvalue weighted by molar-refractivity contribution is 6.25. The molecule has 0 aliphatic heterocycles. The van der Waals surface area contributed by atoms with Crippen molar-refractivity contribution < 1.29 is 9.53 Å². The van der Waals surface area contributed by atoms with Crippen LogP contribution in [0.2, 0.25) is 0 Å². The Morgan fingerprint density at radius 3 is 1.83 bits per heavy atom. The van der Waals surface area contributed by atoms with Crippen LogP contribution in [0.4, 0.5) is 0 Å². The van der Waals surface area contributed by atoms with Crippen molar-refractivity contribution in [2.75, 3.05) is 0 Å². The van der Waals surface area contributed by atoms with Gasteiger partial charge in [0.15, 0.2) is 0 Å². The zero-order valence-corrected chi connectivity index (χ0v) is 28.6. The monoisotopic (exact) mass is 624 g/mol. The van der Waals surface area contributed by atoms with Crippen molar-refractivity contribution in [2.24, 2.45) is 0 Å². The van der Waals surface area contributed by atoms with Gasteiger partial charge >= 0.3 is 5.97 Å². The highest BCUT2D eigenvalue weighted by atomic mass is 16.5. The average molecular weight is 625 g/mol. The first-order chi connectivity index (χ1) is 22.9. The van der Waals surface area contributed by atoms with Crippen molar-refractivity contribution in [1.29, 1.82) is 0 Å². The second-order valence-corrected chi connectivity index (χ2v) is 15.1. The van der Waals surface area contributed by atoms with Crippen molar-refractivity contribution in [1.82, 2.24) is 0 Å². The molecular formula is C46H40O2. The molecule has 0 N–H and O–H groups in total. The largest absolute Gasteiger partial charge is 0.457 e. The lowest BCUT2D eigenvalue weighted by molar-refractivity contribution is -0.140. The van der Waals surface area contributed by atoms with Gasteiger partial charge in [-0.3, -0.25) is 0 Å². The molecule has 0 atom stereocenters. The zero-order chi connectivity index (χ0) is 33.5. The van der Waals surface area contributed by atoms with Crippen LogP contribution >= 0.6 is 0 Å². The molecule has 2 heteroatoms. The first-order valence-corrected chi connectivity index (χ1v) is 16.8. The van der Waals surface area contributed by atoms with Crippen LogP contribution in [0, 0.1) is 0 Å². The quantitative estimate of drug-likeness (QED) is 0.108. The van der Waals surface area contributed by atoms with Gasteiger partial charge in [0, 0.05) is 11.0 Å². The molecule has 0 unspecified atom stereocenters. The summed E-state index contributed by atoms with van der Waals surface area (Å²) in [5, 5.41) is 7.95. The van der Waals surface area contributed by atoms with E-state index in [0.717, 1.165) is 11.1 Å². The van der Waals surface area contributed by atoms with E-state index in [2.05, 4.69) is 138 Å². The molecule has 48 heavy (non-hydrogen) atoms. The maximum Gasteiger partial charge on any atom is 0.333 e. The van der Waals surface area contributed by atoms with Crippen LogP contribution < -0.4 is 0 Å². The minimum atomic E-state index is -0.364. The Morgan fingerprint density at radius 2 is 1.19 bits per heavy atom. The second kappa shape index (κ2) is 10.7. The molecule has 7 aromatic carbocycles. The number of ether oxygens (including phenoxy) is 1. The lowest BCUT2D eigenvalue weighted by Gasteiger charge is -2.23. The van der Waals surface area contributed by atoms with Gasteiger partial charge < -0.3 is 4.74 Å². The Labute approximate surface area is 283 Å². The molecule has 8 rings (SSSR count). The molecule has 1 aliphatic rings. The van der Waals surface area contributed by atoms with E-state index in [9.17, 15) is 4.79 Å². The fraction of sp³-hybridized carbons (Fsp3) is 0.196. The van der Waals surface area contributed by atoms with E-state index in [0.29, 0.717) is 5.57 Å². The van der Waals surface area contributed by atoms with E-state index >= 15 is 0 Å². The minimum absolute atomic E-state index is 0.0957. The van der Waals surface area contributed by atoms with Crippen LogP contribution in [0.25, 0.3) is 65.7 Å². The van der Waals surface area contributed by atoms with Crippen LogP contribution in [0.5, 0.6) is 0 Å². The summed E-state index contributed by atoms with van der Waals surface area (Å²) >= 11 is 0. The smallest absolute Gasteiger partial charge is 0.333 e. The third-order valence-corrected chi connectivity index (χ3v) is 10.5. The molecular weight excluding hydrogens is 585 g/mol. The summed E-state index contributed by atoms with van der Waals surface area (Å²) in [4.78, 5) is 11.8. The first kappa shape index (κ1) is 30.1. The summed E-state index contributed by atoms with van der Waals surface area (Å²) in [6, 6.07) is 40.8. The maximum atomic E-state index is 11.8. The van der Waals surface area contributed by atoms with Crippen molar-refractivity contribution in [3.05, 3.63) is 144 Å². The van der Waals surface area contributed by atoms with Crippen LogP contribution in [-0.4, -0.2) is 5.97 Å². The predicted octanol–water partition coefficient (Wildman–Crippen LogP) is 12.1. The number of esters is 1. The van der Waals surface area contributed by atoms with Gasteiger partial charge in [-0.2, -0.15) is 0 Å². The number of carbonyl (C=O) groups is 1. The Bertz CT molecular complexity index is 2410. The van der Waals surface area contributed by atoms with E-state index in [4.69, 9.17) is 4.74 Å². The number of carbonyl (C=O) groups excluding carboxylic acids is 1. The normalized spacial score (nSPS) is 13.6. The Kier molecular flexibility index (Phi) is 6.69. The fourth-order valence-electron chi connectivity index (χ4n) is 7.65. The Morgan fingerprint density at radius 1 is 0.646 bits per heavy atom. The molecule has 2 nitrogen and oxygen atoms in total. The molecule has 0 spiro atoms. The molecule has 0 amide bonds. The summed E-state index contributed by atoms with van der Waals surface area (Å²) in [5.74, 6) is -0.364. The van der Waals surface area contributed by atoms with Gasteiger partial charge in [-0.25, -0.2) is 4.79 Å². The van der Waals surface area contributed by atoms with Gasteiger partial charge in [-0.1, -0.05) is 138 Å². The van der Waals surface area contributed by atoms with Crippen molar-refractivity contribution in [3.63, 3.8) is 0 Å². The summed E-state index contributed by atoms with van der Waals surface area (Å²) < 4.78 is 5.33. The van der Waals surface area contributed by atoms with Gasteiger partial charge in [-0.15, -0.1) is 0 Å². The highest BCUT2D eigenvalue weighted by Crippen LogP contribution is 2.51. The third-order valence-electron chi connectivity index (χ3n) is 10.5. The number of benzene rings is 7. The van der Waals surface area contributed by atoms with Gasteiger partial charge in [0.25, 0.3) is 0 Å². The van der Waals surface area contributed by atoms with Gasteiger partial charge in [0.1, 0.15) is 6.61 Å². The zero-order valence-electron chi connectivity index (χ0n) is 28.6. The summed E-state index contributed by atoms with van der Waals surface area (Å²) in [5.41, 5.74) is 12.9. The summed E-state index contributed by atoms with van der Waals surface area (Å²) in [7, 11) is 0. The molecule has 7 aromatic rings. The molecule has 1 aliphatic carbocycles. The third kappa shape index (κ3) is 4.73. The standard InChI is InChI=1S/C46H40O2/c1-27(2)44(47)48-26-28-8-10-29(11-9-28)31-15-19-37-38-20-16-32(25-41(38)46(6,7)40(37)24-31)36-18-14-30-12-13-33-22-35(45(3,4)5)23-34-17-21-39(36)43(30)42(33)34/h8-25H,1,26H2,2-7H3. The summed E-state index contributed by atoms with van der Waals surface area (Å²) in [6.07, 6.45) is 0. The molecule has 0 heterocycles. The molecule has 0 radical (unpaired) electrons. The van der Waals surface area contributed by atoms with Crippen LogP contribution in [0.15, 0.2) is 121 Å². The number of rotatable bonds is 5. The van der Waals surface area contributed by atoms with E-state index in [1.807, 2.05) is 12.1 Å². The number of fused-ring (bicyclic) bond motifs is 3. The van der Waals surface area contributed by atoms with Crippen molar-refractivity contribution in [2.45, 2.75) is 59.0 Å². The predicted molar refractivity (Wildman–Crippen MR) is 202 cm³/mol. The molecule has 0 saturated heterocycles. The topological polar surface area (TPSA) is 26.3 Å². The highest BCUT2D eigenvalue weighted by Gasteiger charge is 2.36. The molecule has 0 bridgehead atoms. The second-order valence-electron chi connectivity index (χ2n) is 15.1. The fourth-order valence-corrected chi connectivity index (χ4v) is 7.65. The molecule has 236 valence electrons. The number of hydrogen-bond donors (Lipinski definition) is 0. The van der Waals surface area contributed by atoms with E-state index in [1.165, 1.54) is 76.8 Å². The number of hydrogen-bond acceptors (Lipinski definition) is 2. The molecule has 0 aromatic heterocycles. The van der Waals surface area contributed by atoms with Crippen LogP contribution in [0.1, 0.15) is 63.8 Å².